The number of aliphatic hydroxyl groups excluding tert-OH is 1. The van der Waals surface area contributed by atoms with Crippen molar-refractivity contribution in [2.75, 3.05) is 26.4 Å². The van der Waals surface area contributed by atoms with Crippen LogP contribution in [0.2, 0.25) is 0 Å². The van der Waals surface area contributed by atoms with E-state index in [-0.39, 0.29) is 49.9 Å². The first kappa shape index (κ1) is 21.5. The van der Waals surface area contributed by atoms with E-state index in [9.17, 15) is 19.5 Å². The molecule has 1 fully saturated rings. The Labute approximate surface area is 163 Å². The fraction of sp³-hybridized carbons (Fsp3) is 0.526. The number of aliphatic hydroxyl groups is 1. The molecule has 0 radical (unpaired) electrons. The van der Waals surface area contributed by atoms with Gasteiger partial charge in [-0.25, -0.2) is 9.59 Å². The van der Waals surface area contributed by atoms with Gasteiger partial charge >= 0.3 is 12.1 Å². The quantitative estimate of drug-likeness (QED) is 0.243. The molecule has 0 aromatic heterocycles. The van der Waals surface area contributed by atoms with E-state index >= 15 is 0 Å². The van der Waals surface area contributed by atoms with Crippen molar-refractivity contribution in [2.45, 2.75) is 26.0 Å². The lowest BCUT2D eigenvalue weighted by Crippen LogP contribution is -2.63. The first-order valence-corrected chi connectivity index (χ1v) is 9.02. The standard InChI is InChI=1S/C19H26N2O7/c1-5-8-27-18(24)15-16(26-10-7-20-19(25)28-9-6-2)11(3)14-13(12(4)22)17(23)21(14)15/h5-6,11-14,22H,1-2,7-10H2,3-4H3,(H,20,25)/t11-,12-,13-,14+/m1/s1. The van der Waals surface area contributed by atoms with Crippen molar-refractivity contribution < 1.29 is 33.7 Å². The normalized spacial score (nSPS) is 24.0. The second kappa shape index (κ2) is 9.41. The molecule has 2 aliphatic rings. The lowest BCUT2D eigenvalue weighted by molar-refractivity contribution is -0.164. The Morgan fingerprint density at radius 1 is 1.29 bits per heavy atom. The lowest BCUT2D eigenvalue weighted by atomic mass is 9.79. The molecule has 0 saturated carbocycles. The summed E-state index contributed by atoms with van der Waals surface area (Å²) >= 11 is 0. The number of hydrogen-bond acceptors (Lipinski definition) is 7. The Kier molecular flexibility index (Phi) is 7.22. The monoisotopic (exact) mass is 394 g/mol. The summed E-state index contributed by atoms with van der Waals surface area (Å²) in [6.07, 6.45) is 1.41. The summed E-state index contributed by atoms with van der Waals surface area (Å²) in [5.74, 6) is -1.65. The van der Waals surface area contributed by atoms with E-state index in [1.165, 1.54) is 17.1 Å². The third-order valence-corrected chi connectivity index (χ3v) is 4.60. The Morgan fingerprint density at radius 3 is 2.54 bits per heavy atom. The van der Waals surface area contributed by atoms with Crippen LogP contribution in [0.5, 0.6) is 0 Å². The maximum Gasteiger partial charge on any atom is 0.407 e. The summed E-state index contributed by atoms with van der Waals surface area (Å²) in [6.45, 7) is 10.6. The number of amides is 2. The van der Waals surface area contributed by atoms with E-state index in [1.54, 1.807) is 6.92 Å². The number of hydrogen-bond donors (Lipinski definition) is 2. The molecule has 2 amide bonds. The van der Waals surface area contributed by atoms with Crippen LogP contribution < -0.4 is 5.32 Å². The fourth-order valence-electron chi connectivity index (χ4n) is 3.41. The molecule has 0 aromatic rings. The number of alkyl carbamates (subject to hydrolysis) is 1. The van der Waals surface area contributed by atoms with Crippen molar-refractivity contribution in [2.24, 2.45) is 11.8 Å². The molecule has 2 aliphatic heterocycles. The zero-order chi connectivity index (χ0) is 20.8. The minimum Gasteiger partial charge on any atom is -0.493 e. The SMILES string of the molecule is C=CCOC(=O)NCCOC1=C(C(=O)OCC=C)N2C(=O)[C@H]([C@@H](C)O)[C@@H]2[C@H]1C. The van der Waals surface area contributed by atoms with Crippen LogP contribution in [-0.4, -0.2) is 66.5 Å². The van der Waals surface area contributed by atoms with Gasteiger partial charge in [-0.15, -0.1) is 0 Å². The molecular formula is C19H26N2O7. The second-order valence-electron chi connectivity index (χ2n) is 6.52. The Bertz CT molecular complexity index is 686. The Hall–Kier alpha value is -2.81. The van der Waals surface area contributed by atoms with E-state index in [0.29, 0.717) is 5.76 Å². The van der Waals surface area contributed by atoms with Gasteiger partial charge < -0.3 is 24.6 Å². The van der Waals surface area contributed by atoms with Crippen LogP contribution in [0, 0.1) is 11.8 Å². The highest BCUT2D eigenvalue weighted by Crippen LogP contribution is 2.47. The van der Waals surface area contributed by atoms with Crippen molar-refractivity contribution in [3.63, 3.8) is 0 Å². The fourth-order valence-corrected chi connectivity index (χ4v) is 3.41. The summed E-state index contributed by atoms with van der Waals surface area (Å²) < 4.78 is 15.6. The molecular weight excluding hydrogens is 368 g/mol. The zero-order valence-corrected chi connectivity index (χ0v) is 16.1. The first-order valence-electron chi connectivity index (χ1n) is 9.02. The van der Waals surface area contributed by atoms with Gasteiger partial charge in [-0.2, -0.15) is 0 Å². The molecule has 0 spiro atoms. The molecule has 0 bridgehead atoms. The Morgan fingerprint density at radius 2 is 1.93 bits per heavy atom. The van der Waals surface area contributed by atoms with Gasteiger partial charge in [-0.3, -0.25) is 9.69 Å². The van der Waals surface area contributed by atoms with Gasteiger partial charge in [0.2, 0.25) is 5.91 Å². The molecule has 9 heteroatoms. The van der Waals surface area contributed by atoms with Crippen LogP contribution in [0.25, 0.3) is 0 Å². The molecule has 0 unspecified atom stereocenters. The summed E-state index contributed by atoms with van der Waals surface area (Å²) in [7, 11) is 0. The van der Waals surface area contributed by atoms with Crippen LogP contribution >= 0.6 is 0 Å². The molecule has 154 valence electrons. The third kappa shape index (κ3) is 4.19. The molecule has 0 aliphatic carbocycles. The number of carbonyl (C=O) groups is 3. The second-order valence-corrected chi connectivity index (χ2v) is 6.52. The van der Waals surface area contributed by atoms with Gasteiger partial charge in [0.1, 0.15) is 25.6 Å². The van der Waals surface area contributed by atoms with Crippen LogP contribution in [0.4, 0.5) is 4.79 Å². The largest absolute Gasteiger partial charge is 0.493 e. The van der Waals surface area contributed by atoms with Crippen molar-refractivity contribution in [1.82, 2.24) is 10.2 Å². The van der Waals surface area contributed by atoms with Crippen molar-refractivity contribution in [3.05, 3.63) is 36.8 Å². The molecule has 4 atom stereocenters. The van der Waals surface area contributed by atoms with E-state index in [0.717, 1.165) is 0 Å². The molecule has 2 heterocycles. The maximum absolute atomic E-state index is 12.5. The predicted octanol–water partition coefficient (Wildman–Crippen LogP) is 0.713. The summed E-state index contributed by atoms with van der Waals surface area (Å²) in [5.41, 5.74) is 0.0375. The minimum atomic E-state index is -0.845. The topological polar surface area (TPSA) is 114 Å². The zero-order valence-electron chi connectivity index (χ0n) is 16.1. The van der Waals surface area contributed by atoms with E-state index in [2.05, 4.69) is 18.5 Å². The highest BCUT2D eigenvalue weighted by molar-refractivity contribution is 6.00. The van der Waals surface area contributed by atoms with Gasteiger partial charge in [-0.05, 0) is 6.92 Å². The number of β-lactam (4-membered cyclic amide) rings is 1. The molecule has 2 N–H and O–H groups in total. The number of ether oxygens (including phenoxy) is 3. The van der Waals surface area contributed by atoms with Gasteiger partial charge in [0.15, 0.2) is 5.70 Å². The predicted molar refractivity (Wildman–Crippen MR) is 98.7 cm³/mol. The molecule has 0 aromatic carbocycles. The van der Waals surface area contributed by atoms with Crippen LogP contribution in [0.1, 0.15) is 13.8 Å². The molecule has 1 saturated heterocycles. The van der Waals surface area contributed by atoms with Crippen molar-refractivity contribution >= 4 is 18.0 Å². The van der Waals surface area contributed by atoms with Crippen molar-refractivity contribution in [1.29, 1.82) is 0 Å². The number of esters is 1. The first-order chi connectivity index (χ1) is 13.3. The lowest BCUT2D eigenvalue weighted by Gasteiger charge is -2.46. The summed E-state index contributed by atoms with van der Waals surface area (Å²) in [6, 6.07) is -0.376. The van der Waals surface area contributed by atoms with E-state index in [1.807, 2.05) is 6.92 Å². The highest BCUT2D eigenvalue weighted by Gasteiger charge is 2.61. The Balaban J connectivity index is 2.08. The van der Waals surface area contributed by atoms with Crippen LogP contribution in [0.15, 0.2) is 36.8 Å². The number of rotatable bonds is 10. The van der Waals surface area contributed by atoms with Crippen molar-refractivity contribution in [3.8, 4) is 0 Å². The number of nitrogens with one attached hydrogen (secondary N) is 1. The van der Waals surface area contributed by atoms with Crippen LogP contribution in [0.3, 0.4) is 0 Å². The van der Waals surface area contributed by atoms with Gasteiger partial charge in [0.05, 0.1) is 24.6 Å². The summed E-state index contributed by atoms with van der Waals surface area (Å²) in [5, 5.41) is 12.4. The molecule has 2 rings (SSSR count). The van der Waals surface area contributed by atoms with Crippen LogP contribution in [-0.2, 0) is 23.8 Å². The van der Waals surface area contributed by atoms with Gasteiger partial charge in [0.25, 0.3) is 0 Å². The number of carbonyl (C=O) groups excluding carboxylic acids is 3. The van der Waals surface area contributed by atoms with Gasteiger partial charge in [0, 0.05) is 5.92 Å². The average molecular weight is 394 g/mol. The number of nitrogens with zero attached hydrogens (tertiary/aromatic N) is 1. The smallest absolute Gasteiger partial charge is 0.407 e. The number of fused-ring (bicyclic) bond motifs is 1. The minimum absolute atomic E-state index is 0.00672. The maximum atomic E-state index is 12.5. The average Bonchev–Trinajstić information content (AvgIpc) is 2.89. The molecule has 9 nitrogen and oxygen atoms in total. The van der Waals surface area contributed by atoms with E-state index < -0.39 is 24.1 Å². The van der Waals surface area contributed by atoms with E-state index in [4.69, 9.17) is 14.2 Å². The third-order valence-electron chi connectivity index (χ3n) is 4.60. The highest BCUT2D eigenvalue weighted by atomic mass is 16.6. The van der Waals surface area contributed by atoms with Gasteiger partial charge in [-0.1, -0.05) is 32.2 Å². The molecule has 28 heavy (non-hydrogen) atoms. The summed E-state index contributed by atoms with van der Waals surface area (Å²) in [4.78, 5) is 37.7.